The summed E-state index contributed by atoms with van der Waals surface area (Å²) >= 11 is 0. The predicted molar refractivity (Wildman–Crippen MR) is 137 cm³/mol. The lowest BCUT2D eigenvalue weighted by molar-refractivity contribution is -0.384. The van der Waals surface area contributed by atoms with E-state index in [2.05, 4.69) is 4.90 Å². The van der Waals surface area contributed by atoms with Gasteiger partial charge in [0.2, 0.25) is 10.0 Å². The number of likely N-dealkylation sites (tertiary alicyclic amines) is 1. The minimum absolute atomic E-state index is 0.0137. The number of aliphatic hydroxyl groups is 1. The Kier molecular flexibility index (Phi) is 7.92. The fraction of sp³-hybridized carbons (Fsp3) is 0.360. The number of non-ortho nitro benzene ring substituents is 1. The fourth-order valence-electron chi connectivity index (χ4n) is 4.49. The topological polar surface area (TPSA) is 151 Å². The summed E-state index contributed by atoms with van der Waals surface area (Å²) < 4.78 is 31.2. The number of rotatable bonds is 8. The molecular formula is C25H28N4O8S. The van der Waals surface area contributed by atoms with Gasteiger partial charge in [-0.1, -0.05) is 12.1 Å². The number of carbonyl (C=O) groups is 2. The minimum atomic E-state index is -3.72. The van der Waals surface area contributed by atoms with Crippen LogP contribution in [0.5, 0.6) is 0 Å². The van der Waals surface area contributed by atoms with E-state index in [1.807, 2.05) is 0 Å². The van der Waals surface area contributed by atoms with Crippen LogP contribution in [0, 0.1) is 10.1 Å². The fourth-order valence-corrected chi connectivity index (χ4v) is 5.39. The number of nitro benzene ring substituents is 1. The number of Topliss-reactive ketones (excluding diaryl/α,β-unsaturated/α-hetero) is 1. The van der Waals surface area contributed by atoms with Crippen molar-refractivity contribution >= 4 is 33.2 Å². The molecule has 38 heavy (non-hydrogen) atoms. The zero-order valence-electron chi connectivity index (χ0n) is 20.9. The maximum Gasteiger partial charge on any atom is 0.295 e. The van der Waals surface area contributed by atoms with E-state index in [9.17, 15) is 33.2 Å². The molecule has 2 aromatic rings. The van der Waals surface area contributed by atoms with Crippen molar-refractivity contribution in [1.29, 1.82) is 0 Å². The lowest BCUT2D eigenvalue weighted by Gasteiger charge is -2.31. The molecule has 0 saturated carbocycles. The van der Waals surface area contributed by atoms with Crippen LogP contribution in [0.1, 0.15) is 17.2 Å². The first kappa shape index (κ1) is 27.4. The van der Waals surface area contributed by atoms with Crippen molar-refractivity contribution in [2.45, 2.75) is 10.9 Å². The molecule has 0 unspecified atom stereocenters. The highest BCUT2D eigenvalue weighted by molar-refractivity contribution is 7.89. The van der Waals surface area contributed by atoms with Gasteiger partial charge in [0.25, 0.3) is 17.4 Å². The van der Waals surface area contributed by atoms with Crippen LogP contribution in [0.4, 0.5) is 5.69 Å². The van der Waals surface area contributed by atoms with Gasteiger partial charge in [-0.25, -0.2) is 12.7 Å². The first-order valence-electron chi connectivity index (χ1n) is 11.9. The summed E-state index contributed by atoms with van der Waals surface area (Å²) in [5, 5.41) is 22.6. The number of nitro groups is 1. The summed E-state index contributed by atoms with van der Waals surface area (Å²) in [5.74, 6) is -2.25. The molecule has 4 rings (SSSR count). The molecule has 1 atom stereocenters. The van der Waals surface area contributed by atoms with E-state index in [4.69, 9.17) is 4.74 Å². The number of ketones is 1. The number of carbonyl (C=O) groups excluding carboxylic acids is 2. The highest BCUT2D eigenvalue weighted by atomic mass is 32.2. The molecule has 1 N–H and O–H groups in total. The molecule has 2 heterocycles. The van der Waals surface area contributed by atoms with Gasteiger partial charge < -0.3 is 14.7 Å². The Morgan fingerprint density at radius 3 is 2.37 bits per heavy atom. The second-order valence-corrected chi connectivity index (χ2v) is 11.3. The molecule has 0 spiro atoms. The third-order valence-corrected chi connectivity index (χ3v) is 8.43. The second kappa shape index (κ2) is 11.0. The molecule has 12 nitrogen and oxygen atoms in total. The van der Waals surface area contributed by atoms with E-state index < -0.39 is 38.4 Å². The number of morpholine rings is 1. The number of sulfonamides is 1. The Labute approximate surface area is 219 Å². The standard InChI is InChI=1S/C25H28N4O8S/c1-26(2)38(35,36)20-8-6-17(7-9-20)23(30)21-22(18-4-3-5-19(16-18)29(33)34)28(25(32)24(21)31)11-10-27-12-14-37-15-13-27/h3-9,16,22,30H,10-15H2,1-2H3/b23-21+/t22-/m0/s1. The van der Waals surface area contributed by atoms with Crippen molar-refractivity contribution < 1.29 is 32.8 Å². The molecule has 2 aromatic carbocycles. The minimum Gasteiger partial charge on any atom is -0.507 e. The average Bonchev–Trinajstić information content (AvgIpc) is 3.17. The Bertz CT molecular complexity index is 1380. The summed E-state index contributed by atoms with van der Waals surface area (Å²) in [5.41, 5.74) is -0.0155. The molecule has 2 fully saturated rings. The normalized spacial score (nSPS) is 20.3. The van der Waals surface area contributed by atoms with E-state index in [0.717, 1.165) is 4.31 Å². The predicted octanol–water partition coefficient (Wildman–Crippen LogP) is 1.60. The summed E-state index contributed by atoms with van der Waals surface area (Å²) in [6, 6.07) is 9.80. The molecule has 0 aromatic heterocycles. The van der Waals surface area contributed by atoms with Gasteiger partial charge in [0.15, 0.2) is 0 Å². The number of ether oxygens (including phenoxy) is 1. The first-order valence-corrected chi connectivity index (χ1v) is 13.3. The largest absolute Gasteiger partial charge is 0.507 e. The number of aliphatic hydroxyl groups excluding tert-OH is 1. The average molecular weight is 545 g/mol. The number of hydrogen-bond donors (Lipinski definition) is 1. The molecule has 0 aliphatic carbocycles. The zero-order chi connectivity index (χ0) is 27.6. The molecule has 13 heteroatoms. The number of hydrogen-bond acceptors (Lipinski definition) is 9. The highest BCUT2D eigenvalue weighted by Gasteiger charge is 2.46. The second-order valence-electron chi connectivity index (χ2n) is 9.11. The van der Waals surface area contributed by atoms with Gasteiger partial charge in [-0.05, 0) is 29.8 Å². The summed E-state index contributed by atoms with van der Waals surface area (Å²) in [7, 11) is -0.943. The lowest BCUT2D eigenvalue weighted by atomic mass is 9.95. The first-order chi connectivity index (χ1) is 18.0. The van der Waals surface area contributed by atoms with Crippen LogP contribution in [0.2, 0.25) is 0 Å². The molecule has 202 valence electrons. The van der Waals surface area contributed by atoms with Crippen molar-refractivity contribution in [3.05, 3.63) is 75.3 Å². The third kappa shape index (κ3) is 5.31. The van der Waals surface area contributed by atoms with Crippen molar-refractivity contribution in [2.24, 2.45) is 0 Å². The lowest BCUT2D eigenvalue weighted by Crippen LogP contribution is -2.42. The Balaban J connectivity index is 1.77. The van der Waals surface area contributed by atoms with Crippen LogP contribution < -0.4 is 0 Å². The van der Waals surface area contributed by atoms with Gasteiger partial charge in [-0.3, -0.25) is 24.6 Å². The highest BCUT2D eigenvalue weighted by Crippen LogP contribution is 2.40. The molecule has 0 bridgehead atoms. The van der Waals surface area contributed by atoms with Crippen LogP contribution in [-0.4, -0.2) is 97.7 Å². The Morgan fingerprint density at radius 1 is 1.11 bits per heavy atom. The van der Waals surface area contributed by atoms with E-state index in [0.29, 0.717) is 38.4 Å². The van der Waals surface area contributed by atoms with Crippen LogP contribution in [-0.2, 0) is 24.3 Å². The maximum atomic E-state index is 13.2. The van der Waals surface area contributed by atoms with Gasteiger partial charge in [-0.2, -0.15) is 0 Å². The van der Waals surface area contributed by atoms with Crippen molar-refractivity contribution in [3.63, 3.8) is 0 Å². The van der Waals surface area contributed by atoms with Gasteiger partial charge in [0.1, 0.15) is 5.76 Å². The van der Waals surface area contributed by atoms with Crippen molar-refractivity contribution in [2.75, 3.05) is 53.5 Å². The number of amides is 1. The van der Waals surface area contributed by atoms with Crippen molar-refractivity contribution in [3.8, 4) is 0 Å². The Hall–Kier alpha value is -3.65. The van der Waals surface area contributed by atoms with Gasteiger partial charge in [0, 0.05) is 58.0 Å². The smallest absolute Gasteiger partial charge is 0.295 e. The molecule has 2 aliphatic rings. The molecule has 1 amide bonds. The maximum absolute atomic E-state index is 13.2. The molecular weight excluding hydrogens is 516 g/mol. The summed E-state index contributed by atoms with van der Waals surface area (Å²) in [6.45, 7) is 3.01. The number of benzene rings is 2. The van der Waals surface area contributed by atoms with Crippen LogP contribution in [0.3, 0.4) is 0 Å². The van der Waals surface area contributed by atoms with Crippen LogP contribution in [0.15, 0.2) is 59.0 Å². The van der Waals surface area contributed by atoms with E-state index >= 15 is 0 Å². The van der Waals surface area contributed by atoms with E-state index in [1.165, 1.54) is 61.5 Å². The van der Waals surface area contributed by atoms with Gasteiger partial charge >= 0.3 is 0 Å². The summed E-state index contributed by atoms with van der Waals surface area (Å²) in [6.07, 6.45) is 0. The summed E-state index contributed by atoms with van der Waals surface area (Å²) in [4.78, 5) is 40.6. The quantitative estimate of drug-likeness (QED) is 0.172. The van der Waals surface area contributed by atoms with Crippen LogP contribution >= 0.6 is 0 Å². The third-order valence-electron chi connectivity index (χ3n) is 6.60. The SMILES string of the molecule is CN(C)S(=O)(=O)c1ccc(/C(O)=C2\C(=O)C(=O)N(CCN3CCOCC3)[C@H]2c2cccc([N+](=O)[O-])c2)cc1. The van der Waals surface area contributed by atoms with Crippen molar-refractivity contribution in [1.82, 2.24) is 14.1 Å². The zero-order valence-corrected chi connectivity index (χ0v) is 21.8. The van der Waals surface area contributed by atoms with Crippen LogP contribution in [0.25, 0.3) is 5.76 Å². The van der Waals surface area contributed by atoms with Gasteiger partial charge in [-0.15, -0.1) is 0 Å². The number of nitrogens with zero attached hydrogens (tertiary/aromatic N) is 4. The Morgan fingerprint density at radius 2 is 1.76 bits per heavy atom. The molecule has 2 aliphatic heterocycles. The molecule has 0 radical (unpaired) electrons. The monoisotopic (exact) mass is 544 g/mol. The molecule has 2 saturated heterocycles. The van der Waals surface area contributed by atoms with E-state index in [-0.39, 0.29) is 28.3 Å². The van der Waals surface area contributed by atoms with E-state index in [1.54, 1.807) is 6.07 Å². The van der Waals surface area contributed by atoms with Gasteiger partial charge in [0.05, 0.1) is 34.6 Å².